The maximum atomic E-state index is 12.3. The van der Waals surface area contributed by atoms with Crippen LogP contribution in [0.2, 0.25) is 0 Å². The Labute approximate surface area is 166 Å². The van der Waals surface area contributed by atoms with Gasteiger partial charge in [0.2, 0.25) is 10.0 Å². The Morgan fingerprint density at radius 3 is 2.32 bits per heavy atom. The quantitative estimate of drug-likeness (QED) is 0.542. The molecular weight excluding hydrogens is 376 g/mol. The van der Waals surface area contributed by atoms with Gasteiger partial charge in [-0.15, -0.1) is 0 Å². The number of sulfonamides is 1. The molecule has 0 saturated carbocycles. The van der Waals surface area contributed by atoms with Gasteiger partial charge in [0.25, 0.3) is 5.91 Å². The van der Waals surface area contributed by atoms with Gasteiger partial charge in [0, 0.05) is 19.8 Å². The van der Waals surface area contributed by atoms with E-state index in [0.29, 0.717) is 12.1 Å². The SMILES string of the molecule is CCc1ccccc1N(CC(=O)N/N=C\c1ccc(N(C)C)cc1)S(C)(=O)=O. The number of rotatable bonds is 8. The van der Waals surface area contributed by atoms with E-state index >= 15 is 0 Å². The monoisotopic (exact) mass is 402 g/mol. The van der Waals surface area contributed by atoms with Gasteiger partial charge in [0.05, 0.1) is 18.2 Å². The van der Waals surface area contributed by atoms with Crippen molar-refractivity contribution in [2.24, 2.45) is 5.10 Å². The second kappa shape index (κ2) is 9.36. The summed E-state index contributed by atoms with van der Waals surface area (Å²) in [4.78, 5) is 14.3. The van der Waals surface area contributed by atoms with Crippen LogP contribution < -0.4 is 14.6 Å². The number of amides is 1. The van der Waals surface area contributed by atoms with Crippen LogP contribution in [0, 0.1) is 0 Å². The molecule has 8 heteroatoms. The molecule has 0 radical (unpaired) electrons. The lowest BCUT2D eigenvalue weighted by Crippen LogP contribution is -2.39. The lowest BCUT2D eigenvalue weighted by Gasteiger charge is -2.23. The summed E-state index contributed by atoms with van der Waals surface area (Å²) in [5, 5.41) is 3.93. The molecule has 0 aromatic heterocycles. The summed E-state index contributed by atoms with van der Waals surface area (Å²) >= 11 is 0. The molecule has 150 valence electrons. The van der Waals surface area contributed by atoms with Gasteiger partial charge < -0.3 is 4.90 Å². The maximum Gasteiger partial charge on any atom is 0.260 e. The van der Waals surface area contributed by atoms with E-state index < -0.39 is 15.9 Å². The van der Waals surface area contributed by atoms with E-state index in [0.717, 1.165) is 27.4 Å². The Morgan fingerprint density at radius 2 is 1.75 bits per heavy atom. The summed E-state index contributed by atoms with van der Waals surface area (Å²) in [6, 6.07) is 14.8. The van der Waals surface area contributed by atoms with Crippen molar-refractivity contribution in [2.45, 2.75) is 13.3 Å². The van der Waals surface area contributed by atoms with Gasteiger partial charge in [0.1, 0.15) is 6.54 Å². The Balaban J connectivity index is 2.08. The van der Waals surface area contributed by atoms with Gasteiger partial charge in [-0.2, -0.15) is 5.10 Å². The van der Waals surface area contributed by atoms with Crippen molar-refractivity contribution in [3.05, 3.63) is 59.7 Å². The molecule has 0 spiro atoms. The molecule has 0 atom stereocenters. The van der Waals surface area contributed by atoms with E-state index in [2.05, 4.69) is 10.5 Å². The molecule has 7 nitrogen and oxygen atoms in total. The third kappa shape index (κ3) is 5.82. The number of anilines is 2. The van der Waals surface area contributed by atoms with E-state index in [9.17, 15) is 13.2 Å². The zero-order valence-corrected chi connectivity index (χ0v) is 17.4. The highest BCUT2D eigenvalue weighted by molar-refractivity contribution is 7.92. The molecule has 1 N–H and O–H groups in total. The number of aryl methyl sites for hydroxylation is 1. The summed E-state index contributed by atoms with van der Waals surface area (Å²) in [5.41, 5.74) is 5.63. The van der Waals surface area contributed by atoms with Gasteiger partial charge in [-0.1, -0.05) is 37.3 Å². The Morgan fingerprint density at radius 1 is 1.11 bits per heavy atom. The molecule has 2 rings (SSSR count). The number of hydrazone groups is 1. The molecule has 0 aliphatic carbocycles. The first kappa shape index (κ1) is 21.4. The smallest absolute Gasteiger partial charge is 0.260 e. The standard InChI is InChI=1S/C20H26N4O3S/c1-5-17-8-6-7-9-19(17)24(28(4,26)27)15-20(25)22-21-14-16-10-12-18(13-11-16)23(2)3/h6-14H,5,15H2,1-4H3,(H,22,25)/b21-14-. The zero-order chi connectivity index (χ0) is 20.7. The van der Waals surface area contributed by atoms with Gasteiger partial charge in [-0.3, -0.25) is 9.10 Å². The predicted molar refractivity (Wildman–Crippen MR) is 115 cm³/mol. The highest BCUT2D eigenvalue weighted by Gasteiger charge is 2.22. The Hall–Kier alpha value is -2.87. The van der Waals surface area contributed by atoms with Crippen molar-refractivity contribution >= 4 is 33.5 Å². The number of carbonyl (C=O) groups excluding carboxylic acids is 1. The van der Waals surface area contributed by atoms with Crippen molar-refractivity contribution in [1.82, 2.24) is 5.43 Å². The average Bonchev–Trinajstić information content (AvgIpc) is 2.65. The van der Waals surface area contributed by atoms with E-state index in [1.165, 1.54) is 6.21 Å². The molecule has 2 aromatic rings. The van der Waals surface area contributed by atoms with Crippen molar-refractivity contribution in [3.8, 4) is 0 Å². The fourth-order valence-corrected chi connectivity index (χ4v) is 3.52. The summed E-state index contributed by atoms with van der Waals surface area (Å²) < 4.78 is 25.5. The molecule has 0 bridgehead atoms. The fraction of sp³-hybridized carbons (Fsp3) is 0.300. The predicted octanol–water partition coefficient (Wildman–Crippen LogP) is 2.23. The molecule has 0 aliphatic heterocycles. The minimum Gasteiger partial charge on any atom is -0.378 e. The van der Waals surface area contributed by atoms with Gasteiger partial charge in [-0.25, -0.2) is 13.8 Å². The number of nitrogens with zero attached hydrogens (tertiary/aromatic N) is 3. The normalized spacial score (nSPS) is 11.4. The van der Waals surface area contributed by atoms with Crippen LogP contribution in [-0.4, -0.2) is 47.4 Å². The number of para-hydroxylation sites is 1. The van der Waals surface area contributed by atoms with Gasteiger partial charge in [-0.05, 0) is 35.7 Å². The number of carbonyl (C=O) groups is 1. The van der Waals surface area contributed by atoms with Gasteiger partial charge in [0.15, 0.2) is 0 Å². The van der Waals surface area contributed by atoms with Gasteiger partial charge >= 0.3 is 0 Å². The second-order valence-electron chi connectivity index (χ2n) is 6.53. The van der Waals surface area contributed by atoms with Crippen LogP contribution in [0.1, 0.15) is 18.1 Å². The molecule has 0 saturated heterocycles. The summed E-state index contributed by atoms with van der Waals surface area (Å²) in [6.07, 6.45) is 3.26. The van der Waals surface area contributed by atoms with Crippen LogP contribution in [0.3, 0.4) is 0 Å². The van der Waals surface area contributed by atoms with Crippen LogP contribution in [0.4, 0.5) is 11.4 Å². The first-order chi connectivity index (χ1) is 13.2. The highest BCUT2D eigenvalue weighted by atomic mass is 32.2. The lowest BCUT2D eigenvalue weighted by molar-refractivity contribution is -0.119. The van der Waals surface area contributed by atoms with Crippen LogP contribution >= 0.6 is 0 Å². The van der Waals surface area contributed by atoms with Crippen molar-refractivity contribution in [1.29, 1.82) is 0 Å². The van der Waals surface area contributed by atoms with Crippen LogP contribution in [-0.2, 0) is 21.2 Å². The van der Waals surface area contributed by atoms with E-state index in [-0.39, 0.29) is 6.54 Å². The highest BCUT2D eigenvalue weighted by Crippen LogP contribution is 2.23. The average molecular weight is 403 g/mol. The topological polar surface area (TPSA) is 82.1 Å². The van der Waals surface area contributed by atoms with E-state index in [4.69, 9.17) is 0 Å². The Kier molecular flexibility index (Phi) is 7.17. The molecule has 0 unspecified atom stereocenters. The molecular formula is C20H26N4O3S. The minimum absolute atomic E-state index is 0.341. The maximum absolute atomic E-state index is 12.3. The van der Waals surface area contributed by atoms with Crippen LogP contribution in [0.25, 0.3) is 0 Å². The lowest BCUT2D eigenvalue weighted by atomic mass is 10.1. The van der Waals surface area contributed by atoms with Crippen molar-refractivity contribution in [2.75, 3.05) is 36.1 Å². The third-order valence-electron chi connectivity index (χ3n) is 4.14. The summed E-state index contributed by atoms with van der Waals surface area (Å²) in [6.45, 7) is 1.60. The van der Waals surface area contributed by atoms with Crippen molar-refractivity contribution < 1.29 is 13.2 Å². The summed E-state index contributed by atoms with van der Waals surface area (Å²) in [7, 11) is 0.284. The number of hydrogen-bond donors (Lipinski definition) is 1. The number of hydrogen-bond acceptors (Lipinski definition) is 5. The number of benzene rings is 2. The second-order valence-corrected chi connectivity index (χ2v) is 8.44. The molecule has 0 aliphatic rings. The fourth-order valence-electron chi connectivity index (χ4n) is 2.64. The molecule has 28 heavy (non-hydrogen) atoms. The first-order valence-electron chi connectivity index (χ1n) is 8.87. The number of nitrogens with one attached hydrogen (secondary N) is 1. The summed E-state index contributed by atoms with van der Waals surface area (Å²) in [5.74, 6) is -0.516. The minimum atomic E-state index is -3.62. The third-order valence-corrected chi connectivity index (χ3v) is 5.27. The van der Waals surface area contributed by atoms with Crippen LogP contribution in [0.5, 0.6) is 0 Å². The van der Waals surface area contributed by atoms with Crippen molar-refractivity contribution in [3.63, 3.8) is 0 Å². The van der Waals surface area contributed by atoms with E-state index in [1.54, 1.807) is 12.1 Å². The molecule has 0 fully saturated rings. The largest absolute Gasteiger partial charge is 0.378 e. The first-order valence-corrected chi connectivity index (χ1v) is 10.7. The van der Waals surface area contributed by atoms with Crippen LogP contribution in [0.15, 0.2) is 53.6 Å². The van der Waals surface area contributed by atoms with E-state index in [1.807, 2.05) is 62.3 Å². The molecule has 1 amide bonds. The molecule has 2 aromatic carbocycles. The Bertz CT molecular complexity index is 938. The molecule has 0 heterocycles. The zero-order valence-electron chi connectivity index (χ0n) is 16.6.